The molecular formula is C15H17NO5. The van der Waals surface area contributed by atoms with Crippen LogP contribution in [-0.4, -0.2) is 22.9 Å². The molecule has 0 bridgehead atoms. The number of oxazole rings is 1. The number of ether oxygens (including phenoxy) is 1. The Kier molecular flexibility index (Phi) is 4.92. The quantitative estimate of drug-likeness (QED) is 0.575. The van der Waals surface area contributed by atoms with E-state index in [0.717, 1.165) is 0 Å². The second-order valence-corrected chi connectivity index (χ2v) is 4.76. The molecule has 6 nitrogen and oxygen atoms in total. The molecule has 2 rings (SSSR count). The smallest absolute Gasteiger partial charge is 0.419 e. The molecule has 6 heteroatoms. The van der Waals surface area contributed by atoms with Gasteiger partial charge in [0.1, 0.15) is 5.78 Å². The van der Waals surface area contributed by atoms with Crippen molar-refractivity contribution < 1.29 is 18.7 Å². The first-order valence-corrected chi connectivity index (χ1v) is 6.81. The van der Waals surface area contributed by atoms with Gasteiger partial charge in [0.15, 0.2) is 5.58 Å². The van der Waals surface area contributed by atoms with Gasteiger partial charge in [-0.15, -0.1) is 0 Å². The predicted octanol–water partition coefficient (Wildman–Crippen LogP) is 1.90. The van der Waals surface area contributed by atoms with E-state index in [1.54, 1.807) is 24.3 Å². The van der Waals surface area contributed by atoms with E-state index in [0.29, 0.717) is 23.9 Å². The number of hydrogen-bond donors (Lipinski definition) is 0. The van der Waals surface area contributed by atoms with Gasteiger partial charge in [0, 0.05) is 13.0 Å². The summed E-state index contributed by atoms with van der Waals surface area (Å²) in [5.74, 6) is -0.807. The molecule has 1 heterocycles. The average Bonchev–Trinajstić information content (AvgIpc) is 2.76. The fourth-order valence-corrected chi connectivity index (χ4v) is 2.01. The number of rotatable bonds is 7. The van der Waals surface area contributed by atoms with Crippen LogP contribution in [0.25, 0.3) is 11.1 Å². The number of aromatic nitrogens is 1. The lowest BCUT2D eigenvalue weighted by atomic mass is 10.2. The number of carbonyl (C=O) groups excluding carboxylic acids is 2. The van der Waals surface area contributed by atoms with E-state index < -0.39 is 11.7 Å². The van der Waals surface area contributed by atoms with Gasteiger partial charge in [0.2, 0.25) is 0 Å². The van der Waals surface area contributed by atoms with Gasteiger partial charge < -0.3 is 13.9 Å². The summed E-state index contributed by atoms with van der Waals surface area (Å²) in [5, 5.41) is 0. The molecule has 0 unspecified atom stereocenters. The minimum Gasteiger partial charge on any atom is -0.466 e. The molecule has 2 aromatic rings. The normalized spacial score (nSPS) is 10.7. The number of ketones is 1. The highest BCUT2D eigenvalue weighted by atomic mass is 16.5. The molecule has 1 aromatic heterocycles. The van der Waals surface area contributed by atoms with E-state index in [9.17, 15) is 14.4 Å². The minimum absolute atomic E-state index is 0.0717. The Bertz CT molecular complexity index is 697. The van der Waals surface area contributed by atoms with Gasteiger partial charge in [-0.05, 0) is 25.5 Å². The Morgan fingerprint density at radius 3 is 2.76 bits per heavy atom. The van der Waals surface area contributed by atoms with E-state index >= 15 is 0 Å². The molecule has 0 saturated heterocycles. The van der Waals surface area contributed by atoms with Gasteiger partial charge in [-0.1, -0.05) is 12.1 Å². The zero-order chi connectivity index (χ0) is 15.2. The minimum atomic E-state index is -0.486. The highest BCUT2D eigenvalue weighted by molar-refractivity contribution is 5.75. The first kappa shape index (κ1) is 15.0. The Morgan fingerprint density at radius 1 is 1.24 bits per heavy atom. The SMILES string of the molecule is CC(=O)CCCOC(=O)CCn1c(=O)oc2ccccc21. The zero-order valence-electron chi connectivity index (χ0n) is 11.8. The molecule has 0 amide bonds. The zero-order valence-corrected chi connectivity index (χ0v) is 11.8. The molecule has 0 saturated carbocycles. The van der Waals surface area contributed by atoms with Gasteiger partial charge in [0.25, 0.3) is 0 Å². The van der Waals surface area contributed by atoms with Crippen LogP contribution in [0.4, 0.5) is 0 Å². The molecule has 0 aliphatic heterocycles. The summed E-state index contributed by atoms with van der Waals surface area (Å²) in [6.45, 7) is 1.93. The number of hydrogen-bond acceptors (Lipinski definition) is 5. The number of para-hydroxylation sites is 2. The lowest BCUT2D eigenvalue weighted by Gasteiger charge is -2.04. The van der Waals surface area contributed by atoms with Crippen molar-refractivity contribution in [3.63, 3.8) is 0 Å². The fraction of sp³-hybridized carbons (Fsp3) is 0.400. The van der Waals surface area contributed by atoms with Crippen LogP contribution >= 0.6 is 0 Å². The third-order valence-electron chi connectivity index (χ3n) is 3.05. The number of fused-ring (bicyclic) bond motifs is 1. The van der Waals surface area contributed by atoms with Crippen molar-refractivity contribution in [2.45, 2.75) is 32.7 Å². The van der Waals surface area contributed by atoms with Gasteiger partial charge in [-0.25, -0.2) is 4.79 Å². The van der Waals surface area contributed by atoms with Gasteiger partial charge in [-0.3, -0.25) is 9.36 Å². The molecule has 112 valence electrons. The van der Waals surface area contributed by atoms with E-state index in [1.165, 1.54) is 11.5 Å². The summed E-state index contributed by atoms with van der Waals surface area (Å²) < 4.78 is 11.5. The van der Waals surface area contributed by atoms with Crippen molar-refractivity contribution in [3.8, 4) is 0 Å². The van der Waals surface area contributed by atoms with Crippen molar-refractivity contribution >= 4 is 22.9 Å². The number of benzene rings is 1. The third-order valence-corrected chi connectivity index (χ3v) is 3.05. The summed E-state index contributed by atoms with van der Waals surface area (Å²) in [7, 11) is 0. The maximum Gasteiger partial charge on any atom is 0.419 e. The summed E-state index contributed by atoms with van der Waals surface area (Å²) in [6.07, 6.45) is 1.01. The second kappa shape index (κ2) is 6.88. The topological polar surface area (TPSA) is 78.5 Å². The Morgan fingerprint density at radius 2 is 2.00 bits per heavy atom. The van der Waals surface area contributed by atoms with Gasteiger partial charge in [0.05, 0.1) is 18.5 Å². The first-order valence-electron chi connectivity index (χ1n) is 6.81. The van der Waals surface area contributed by atoms with E-state index in [4.69, 9.17) is 9.15 Å². The number of nitrogens with zero attached hydrogens (tertiary/aromatic N) is 1. The van der Waals surface area contributed by atoms with Crippen LogP contribution in [0, 0.1) is 0 Å². The van der Waals surface area contributed by atoms with E-state index in [-0.39, 0.29) is 25.4 Å². The Balaban J connectivity index is 1.87. The average molecular weight is 291 g/mol. The largest absolute Gasteiger partial charge is 0.466 e. The van der Waals surface area contributed by atoms with Crippen molar-refractivity contribution in [1.29, 1.82) is 0 Å². The number of carbonyl (C=O) groups is 2. The molecule has 0 atom stereocenters. The molecular weight excluding hydrogens is 274 g/mol. The molecule has 0 aliphatic carbocycles. The van der Waals surface area contributed by atoms with Crippen molar-refractivity contribution in [1.82, 2.24) is 4.57 Å². The number of Topliss-reactive ketones (excluding diaryl/α,β-unsaturated/α-hetero) is 1. The summed E-state index contributed by atoms with van der Waals surface area (Å²) in [4.78, 5) is 34.0. The monoisotopic (exact) mass is 291 g/mol. The predicted molar refractivity (Wildman–Crippen MR) is 76.0 cm³/mol. The van der Waals surface area contributed by atoms with Crippen molar-refractivity contribution in [3.05, 3.63) is 34.8 Å². The van der Waals surface area contributed by atoms with E-state index in [1.807, 2.05) is 0 Å². The summed E-state index contributed by atoms with van der Waals surface area (Å²) in [6, 6.07) is 7.04. The maximum absolute atomic E-state index is 11.7. The Labute approximate surface area is 121 Å². The molecule has 21 heavy (non-hydrogen) atoms. The summed E-state index contributed by atoms with van der Waals surface area (Å²) >= 11 is 0. The van der Waals surface area contributed by atoms with Gasteiger partial charge in [-0.2, -0.15) is 0 Å². The van der Waals surface area contributed by atoms with Crippen LogP contribution in [0.2, 0.25) is 0 Å². The van der Waals surface area contributed by atoms with Crippen LogP contribution in [-0.2, 0) is 20.9 Å². The highest BCUT2D eigenvalue weighted by Crippen LogP contribution is 2.12. The van der Waals surface area contributed by atoms with Crippen LogP contribution in [0.5, 0.6) is 0 Å². The summed E-state index contributed by atoms with van der Waals surface area (Å²) in [5.41, 5.74) is 1.16. The standard InChI is InChI=1S/C15H17NO5/c1-11(17)5-4-10-20-14(18)8-9-16-12-6-2-3-7-13(12)21-15(16)19/h2-3,6-7H,4-5,8-10H2,1H3. The molecule has 0 fully saturated rings. The fourth-order valence-electron chi connectivity index (χ4n) is 2.01. The van der Waals surface area contributed by atoms with Gasteiger partial charge >= 0.3 is 11.7 Å². The first-order chi connectivity index (χ1) is 10.1. The lowest BCUT2D eigenvalue weighted by Crippen LogP contribution is -2.17. The molecule has 1 aromatic carbocycles. The second-order valence-electron chi connectivity index (χ2n) is 4.76. The van der Waals surface area contributed by atoms with Crippen molar-refractivity contribution in [2.75, 3.05) is 6.61 Å². The molecule has 0 radical (unpaired) electrons. The number of aryl methyl sites for hydroxylation is 1. The third kappa shape index (κ3) is 4.05. The Hall–Kier alpha value is -2.37. The molecule has 0 N–H and O–H groups in total. The maximum atomic E-state index is 11.7. The van der Waals surface area contributed by atoms with Crippen LogP contribution in [0.15, 0.2) is 33.5 Å². The molecule has 0 aliphatic rings. The van der Waals surface area contributed by atoms with Crippen LogP contribution in [0.3, 0.4) is 0 Å². The van der Waals surface area contributed by atoms with Crippen LogP contribution in [0.1, 0.15) is 26.2 Å². The van der Waals surface area contributed by atoms with Crippen molar-refractivity contribution in [2.24, 2.45) is 0 Å². The van der Waals surface area contributed by atoms with E-state index in [2.05, 4.69) is 0 Å². The van der Waals surface area contributed by atoms with Crippen LogP contribution < -0.4 is 5.76 Å². The highest BCUT2D eigenvalue weighted by Gasteiger charge is 2.10. The number of esters is 1. The lowest BCUT2D eigenvalue weighted by molar-refractivity contribution is -0.144. The molecule has 0 spiro atoms.